The molecule has 0 rings (SSSR count). The lowest BCUT2D eigenvalue weighted by molar-refractivity contribution is 0.723. The number of hydrogen-bond acceptors (Lipinski definition) is 0. The second kappa shape index (κ2) is 7.41. The van der Waals surface area contributed by atoms with Crippen molar-refractivity contribution >= 4 is 0 Å². The highest BCUT2D eigenvalue weighted by atomic mass is 13.9. The van der Waals surface area contributed by atoms with Gasteiger partial charge in [-0.05, 0) is 12.8 Å². The molecule has 0 nitrogen and oxygen atoms in total. The van der Waals surface area contributed by atoms with Gasteiger partial charge in [-0.25, -0.2) is 0 Å². The second-order valence-corrected chi connectivity index (χ2v) is 2.71. The summed E-state index contributed by atoms with van der Waals surface area (Å²) in [4.78, 5) is 0. The van der Waals surface area contributed by atoms with Gasteiger partial charge in [0.15, 0.2) is 0 Å². The minimum Gasteiger partial charge on any atom is -0.0999 e. The van der Waals surface area contributed by atoms with Crippen LogP contribution in [0.1, 0.15) is 40.0 Å². The first-order chi connectivity index (χ1) is 5.31. The van der Waals surface area contributed by atoms with Crippen molar-refractivity contribution in [3.05, 3.63) is 12.2 Å². The van der Waals surface area contributed by atoms with Gasteiger partial charge in [0.05, 0.1) is 0 Å². The van der Waals surface area contributed by atoms with E-state index in [4.69, 9.17) is 0 Å². The summed E-state index contributed by atoms with van der Waals surface area (Å²) in [5.41, 5.74) is 0. The van der Waals surface area contributed by atoms with Crippen LogP contribution >= 0.6 is 0 Å². The quantitative estimate of drug-likeness (QED) is 0.427. The van der Waals surface area contributed by atoms with Crippen molar-refractivity contribution in [3.8, 4) is 11.8 Å². The Kier molecular flexibility index (Phi) is 6.94. The molecule has 0 heteroatoms. The fourth-order valence-corrected chi connectivity index (χ4v) is 0.644. The van der Waals surface area contributed by atoms with E-state index in [0.29, 0.717) is 5.92 Å². The maximum atomic E-state index is 3.19. The molecule has 1 atom stereocenters. The maximum Gasteiger partial charge on any atom is 0.0269 e. The van der Waals surface area contributed by atoms with Gasteiger partial charge in [0.1, 0.15) is 0 Å². The van der Waals surface area contributed by atoms with Crippen LogP contribution in [0.15, 0.2) is 12.2 Å². The smallest absolute Gasteiger partial charge is 0.0269 e. The van der Waals surface area contributed by atoms with Crippen molar-refractivity contribution in [1.82, 2.24) is 0 Å². The molecule has 1 unspecified atom stereocenters. The lowest BCUT2D eigenvalue weighted by Gasteiger charge is -1.93. The highest BCUT2D eigenvalue weighted by Crippen LogP contribution is 1.96. The van der Waals surface area contributed by atoms with Gasteiger partial charge in [-0.3, -0.25) is 0 Å². The third kappa shape index (κ3) is 7.19. The third-order valence-corrected chi connectivity index (χ3v) is 1.58. The SMILES string of the molecule is CCC=CCC#CC(C)CC. The van der Waals surface area contributed by atoms with Crippen molar-refractivity contribution in [3.63, 3.8) is 0 Å². The van der Waals surface area contributed by atoms with Crippen LogP contribution in [0.25, 0.3) is 0 Å². The zero-order valence-corrected chi connectivity index (χ0v) is 7.85. The highest BCUT2D eigenvalue weighted by molar-refractivity contribution is 5.06. The van der Waals surface area contributed by atoms with Crippen LogP contribution in [0.3, 0.4) is 0 Å². The number of allylic oxidation sites excluding steroid dienone is 2. The zero-order chi connectivity index (χ0) is 8.53. The first kappa shape index (κ1) is 10.3. The Morgan fingerprint density at radius 2 is 2.00 bits per heavy atom. The molecule has 0 aromatic carbocycles. The Hall–Kier alpha value is -0.700. The van der Waals surface area contributed by atoms with Crippen molar-refractivity contribution in [2.75, 3.05) is 0 Å². The predicted molar refractivity (Wildman–Crippen MR) is 51.3 cm³/mol. The Labute approximate surface area is 70.7 Å². The molecule has 0 bridgehead atoms. The lowest BCUT2D eigenvalue weighted by atomic mass is 10.1. The molecule has 0 saturated heterocycles. The molecule has 0 radical (unpaired) electrons. The molecule has 11 heavy (non-hydrogen) atoms. The minimum absolute atomic E-state index is 0.560. The van der Waals surface area contributed by atoms with E-state index in [1.165, 1.54) is 0 Å². The standard InChI is InChI=1S/C11H18/c1-4-6-7-8-9-10-11(3)5-2/h6-7,11H,4-5,8H2,1-3H3. The molecule has 0 aromatic rings. The summed E-state index contributed by atoms with van der Waals surface area (Å²) in [6.45, 7) is 6.47. The van der Waals surface area contributed by atoms with Gasteiger partial charge < -0.3 is 0 Å². The maximum absolute atomic E-state index is 3.19. The Balaban J connectivity index is 3.47. The molecular weight excluding hydrogens is 132 g/mol. The number of hydrogen-bond donors (Lipinski definition) is 0. The van der Waals surface area contributed by atoms with Crippen molar-refractivity contribution in [2.45, 2.75) is 40.0 Å². The summed E-state index contributed by atoms with van der Waals surface area (Å²) in [6.07, 6.45) is 7.48. The largest absolute Gasteiger partial charge is 0.0999 e. The van der Waals surface area contributed by atoms with E-state index in [0.717, 1.165) is 19.3 Å². The molecule has 0 saturated carbocycles. The van der Waals surface area contributed by atoms with Gasteiger partial charge in [0.25, 0.3) is 0 Å². The van der Waals surface area contributed by atoms with Gasteiger partial charge in [-0.2, -0.15) is 0 Å². The summed E-state index contributed by atoms with van der Waals surface area (Å²) >= 11 is 0. The van der Waals surface area contributed by atoms with Crippen molar-refractivity contribution < 1.29 is 0 Å². The number of rotatable bonds is 3. The topological polar surface area (TPSA) is 0 Å². The fourth-order valence-electron chi connectivity index (χ4n) is 0.644. The van der Waals surface area contributed by atoms with Gasteiger partial charge >= 0.3 is 0 Å². The molecule has 0 aromatic heterocycles. The summed E-state index contributed by atoms with van der Waals surface area (Å²) in [5, 5.41) is 0. The van der Waals surface area contributed by atoms with E-state index < -0.39 is 0 Å². The van der Waals surface area contributed by atoms with E-state index in [2.05, 4.69) is 44.8 Å². The minimum atomic E-state index is 0.560. The highest BCUT2D eigenvalue weighted by Gasteiger charge is 1.87. The van der Waals surface area contributed by atoms with Gasteiger partial charge in [-0.15, -0.1) is 0 Å². The first-order valence-corrected chi connectivity index (χ1v) is 4.44. The lowest BCUT2D eigenvalue weighted by Crippen LogP contribution is -1.83. The Bertz CT molecular complexity index is 155. The molecule has 0 aliphatic rings. The first-order valence-electron chi connectivity index (χ1n) is 4.44. The molecule has 62 valence electrons. The van der Waals surface area contributed by atoms with Crippen molar-refractivity contribution in [1.29, 1.82) is 0 Å². The van der Waals surface area contributed by atoms with Crippen molar-refractivity contribution in [2.24, 2.45) is 5.92 Å². The van der Waals surface area contributed by atoms with Crippen LogP contribution < -0.4 is 0 Å². The Morgan fingerprint density at radius 1 is 1.27 bits per heavy atom. The third-order valence-electron chi connectivity index (χ3n) is 1.58. The van der Waals surface area contributed by atoms with Crippen LogP contribution in [-0.2, 0) is 0 Å². The van der Waals surface area contributed by atoms with E-state index in [9.17, 15) is 0 Å². The average molecular weight is 150 g/mol. The van der Waals surface area contributed by atoms with Crippen LogP contribution in [0.5, 0.6) is 0 Å². The predicted octanol–water partition coefficient (Wildman–Crippen LogP) is 3.39. The molecule has 0 amide bonds. The van der Waals surface area contributed by atoms with E-state index in [1.807, 2.05) is 0 Å². The molecule has 0 fully saturated rings. The molecular formula is C11H18. The summed E-state index contributed by atoms with van der Waals surface area (Å²) < 4.78 is 0. The van der Waals surface area contributed by atoms with Crippen LogP contribution in [0.2, 0.25) is 0 Å². The summed E-state index contributed by atoms with van der Waals surface area (Å²) in [7, 11) is 0. The second-order valence-electron chi connectivity index (χ2n) is 2.71. The summed E-state index contributed by atoms with van der Waals surface area (Å²) in [5.74, 6) is 6.88. The van der Waals surface area contributed by atoms with Crippen LogP contribution in [0.4, 0.5) is 0 Å². The Morgan fingerprint density at radius 3 is 2.55 bits per heavy atom. The fraction of sp³-hybridized carbons (Fsp3) is 0.636. The van der Waals surface area contributed by atoms with Crippen LogP contribution in [-0.4, -0.2) is 0 Å². The van der Waals surface area contributed by atoms with E-state index >= 15 is 0 Å². The normalized spacial score (nSPS) is 12.6. The summed E-state index contributed by atoms with van der Waals surface area (Å²) in [6, 6.07) is 0. The molecule has 0 spiro atoms. The van der Waals surface area contributed by atoms with Gasteiger partial charge in [0, 0.05) is 12.3 Å². The monoisotopic (exact) mass is 150 g/mol. The molecule has 0 aliphatic heterocycles. The van der Waals surface area contributed by atoms with E-state index in [-0.39, 0.29) is 0 Å². The molecule has 0 heterocycles. The van der Waals surface area contributed by atoms with Gasteiger partial charge in [0.2, 0.25) is 0 Å². The average Bonchev–Trinajstić information content (AvgIpc) is 2.04. The molecule has 0 N–H and O–H groups in total. The van der Waals surface area contributed by atoms with E-state index in [1.54, 1.807) is 0 Å². The molecule has 0 aliphatic carbocycles. The zero-order valence-electron chi connectivity index (χ0n) is 7.85. The van der Waals surface area contributed by atoms with Crippen LogP contribution in [0, 0.1) is 17.8 Å². The van der Waals surface area contributed by atoms with Gasteiger partial charge in [-0.1, -0.05) is 44.8 Å².